The molecule has 0 spiro atoms. The molecule has 20 heavy (non-hydrogen) atoms. The molecular formula is C15H16Cl2FNS. The standard InChI is InChI=1S/C15H16Cl2FNS/c1-2-6-19-14(15-11(16)5-7-20-15)9-10-3-4-13(18)12(17)8-10/h3-5,7-8,14,19H,2,6,9H2,1H3. The van der Waals surface area contributed by atoms with Crippen LogP contribution in [-0.2, 0) is 6.42 Å². The lowest BCUT2D eigenvalue weighted by Crippen LogP contribution is -2.23. The van der Waals surface area contributed by atoms with Gasteiger partial charge in [0.05, 0.1) is 10.0 Å². The van der Waals surface area contributed by atoms with Gasteiger partial charge < -0.3 is 5.32 Å². The van der Waals surface area contributed by atoms with Crippen LogP contribution >= 0.6 is 34.5 Å². The Bertz CT molecular complexity index is 571. The van der Waals surface area contributed by atoms with Gasteiger partial charge in [-0.25, -0.2) is 4.39 Å². The Labute approximate surface area is 132 Å². The smallest absolute Gasteiger partial charge is 0.141 e. The van der Waals surface area contributed by atoms with Crippen LogP contribution in [0.2, 0.25) is 10.0 Å². The Morgan fingerprint density at radius 3 is 2.65 bits per heavy atom. The summed E-state index contributed by atoms with van der Waals surface area (Å²) in [4.78, 5) is 1.11. The summed E-state index contributed by atoms with van der Waals surface area (Å²) in [6.07, 6.45) is 1.78. The third-order valence-electron chi connectivity index (χ3n) is 3.03. The van der Waals surface area contributed by atoms with Gasteiger partial charge in [0, 0.05) is 10.9 Å². The van der Waals surface area contributed by atoms with E-state index in [0.717, 1.165) is 34.8 Å². The fourth-order valence-electron chi connectivity index (χ4n) is 2.03. The summed E-state index contributed by atoms with van der Waals surface area (Å²) in [5.41, 5.74) is 0.995. The van der Waals surface area contributed by atoms with Crippen molar-refractivity contribution in [1.29, 1.82) is 0 Å². The van der Waals surface area contributed by atoms with Crippen LogP contribution in [0.5, 0.6) is 0 Å². The average molecular weight is 332 g/mol. The molecule has 1 aromatic carbocycles. The molecule has 2 rings (SSSR count). The molecule has 108 valence electrons. The van der Waals surface area contributed by atoms with E-state index < -0.39 is 0 Å². The number of hydrogen-bond acceptors (Lipinski definition) is 2. The van der Waals surface area contributed by atoms with Gasteiger partial charge in [0.15, 0.2) is 0 Å². The normalized spacial score (nSPS) is 12.6. The summed E-state index contributed by atoms with van der Waals surface area (Å²) >= 11 is 13.7. The largest absolute Gasteiger partial charge is 0.309 e. The van der Waals surface area contributed by atoms with Crippen molar-refractivity contribution in [2.24, 2.45) is 0 Å². The maximum absolute atomic E-state index is 13.2. The Kier molecular flexibility index (Phi) is 5.85. The lowest BCUT2D eigenvalue weighted by Gasteiger charge is -2.18. The first kappa shape index (κ1) is 15.8. The summed E-state index contributed by atoms with van der Waals surface area (Å²) in [5.74, 6) is -0.386. The molecule has 0 radical (unpaired) electrons. The van der Waals surface area contributed by atoms with Crippen molar-refractivity contribution in [1.82, 2.24) is 5.32 Å². The third kappa shape index (κ3) is 3.95. The molecule has 0 aliphatic heterocycles. The van der Waals surface area contributed by atoms with Gasteiger partial charge in [-0.2, -0.15) is 0 Å². The second-order valence-electron chi connectivity index (χ2n) is 4.59. The summed E-state index contributed by atoms with van der Waals surface area (Å²) in [7, 11) is 0. The highest BCUT2D eigenvalue weighted by Crippen LogP contribution is 2.31. The maximum Gasteiger partial charge on any atom is 0.141 e. The van der Waals surface area contributed by atoms with Gasteiger partial charge in [0.2, 0.25) is 0 Å². The van der Waals surface area contributed by atoms with E-state index in [-0.39, 0.29) is 16.9 Å². The number of halogens is 3. The van der Waals surface area contributed by atoms with Crippen molar-refractivity contribution in [3.63, 3.8) is 0 Å². The molecule has 1 aromatic heterocycles. The molecule has 1 atom stereocenters. The monoisotopic (exact) mass is 331 g/mol. The summed E-state index contributed by atoms with van der Waals surface area (Å²) < 4.78 is 13.2. The minimum absolute atomic E-state index is 0.129. The van der Waals surface area contributed by atoms with Crippen LogP contribution < -0.4 is 5.32 Å². The van der Waals surface area contributed by atoms with Crippen LogP contribution in [0.25, 0.3) is 0 Å². The zero-order valence-electron chi connectivity index (χ0n) is 11.1. The Morgan fingerprint density at radius 1 is 1.25 bits per heavy atom. The van der Waals surface area contributed by atoms with Gasteiger partial charge in [0.25, 0.3) is 0 Å². The fraction of sp³-hybridized carbons (Fsp3) is 0.333. The molecule has 1 heterocycles. The number of nitrogens with one attached hydrogen (secondary N) is 1. The van der Waals surface area contributed by atoms with Crippen LogP contribution in [-0.4, -0.2) is 6.54 Å². The van der Waals surface area contributed by atoms with Gasteiger partial charge in [0.1, 0.15) is 5.82 Å². The second kappa shape index (κ2) is 7.41. The van der Waals surface area contributed by atoms with E-state index >= 15 is 0 Å². The van der Waals surface area contributed by atoms with Gasteiger partial charge >= 0.3 is 0 Å². The van der Waals surface area contributed by atoms with E-state index in [4.69, 9.17) is 23.2 Å². The Balaban J connectivity index is 2.19. The Morgan fingerprint density at radius 2 is 2.05 bits per heavy atom. The first-order valence-electron chi connectivity index (χ1n) is 6.52. The highest BCUT2D eigenvalue weighted by atomic mass is 35.5. The molecule has 0 saturated heterocycles. The fourth-order valence-corrected chi connectivity index (χ4v) is 3.50. The molecule has 1 N–H and O–H groups in total. The highest BCUT2D eigenvalue weighted by molar-refractivity contribution is 7.10. The highest BCUT2D eigenvalue weighted by Gasteiger charge is 2.16. The summed E-state index contributed by atoms with van der Waals surface area (Å²) in [5, 5.41) is 6.40. The van der Waals surface area contributed by atoms with E-state index in [1.54, 1.807) is 23.5 Å². The molecule has 0 aliphatic carbocycles. The van der Waals surface area contributed by atoms with E-state index in [9.17, 15) is 4.39 Å². The zero-order chi connectivity index (χ0) is 14.5. The van der Waals surface area contributed by atoms with Crippen molar-refractivity contribution in [2.45, 2.75) is 25.8 Å². The zero-order valence-corrected chi connectivity index (χ0v) is 13.5. The third-order valence-corrected chi connectivity index (χ3v) is 4.79. The number of benzene rings is 1. The van der Waals surface area contributed by atoms with E-state index in [0.29, 0.717) is 0 Å². The molecule has 0 fully saturated rings. The molecular weight excluding hydrogens is 316 g/mol. The van der Waals surface area contributed by atoms with Crippen molar-refractivity contribution >= 4 is 34.5 Å². The van der Waals surface area contributed by atoms with E-state index in [2.05, 4.69) is 12.2 Å². The molecule has 1 nitrogen and oxygen atoms in total. The summed E-state index contributed by atoms with van der Waals surface area (Å²) in [6.45, 7) is 3.03. The van der Waals surface area contributed by atoms with Crippen LogP contribution in [0.15, 0.2) is 29.6 Å². The van der Waals surface area contributed by atoms with Gasteiger partial charge in [-0.15, -0.1) is 11.3 Å². The predicted octanol–water partition coefficient (Wildman–Crippen LogP) is 5.48. The van der Waals surface area contributed by atoms with Gasteiger partial charge in [-0.1, -0.05) is 36.2 Å². The topological polar surface area (TPSA) is 12.0 Å². The molecule has 1 unspecified atom stereocenters. The number of rotatable bonds is 6. The van der Waals surface area contributed by atoms with E-state index in [1.165, 1.54) is 6.07 Å². The first-order valence-corrected chi connectivity index (χ1v) is 8.15. The molecule has 0 bridgehead atoms. The average Bonchev–Trinajstić information content (AvgIpc) is 2.85. The van der Waals surface area contributed by atoms with Crippen LogP contribution in [0.1, 0.15) is 29.8 Å². The predicted molar refractivity (Wildman–Crippen MR) is 85.5 cm³/mol. The molecule has 0 saturated carbocycles. The maximum atomic E-state index is 13.2. The quantitative estimate of drug-likeness (QED) is 0.739. The lowest BCUT2D eigenvalue weighted by atomic mass is 10.0. The van der Waals surface area contributed by atoms with Crippen molar-refractivity contribution in [3.05, 3.63) is 55.9 Å². The first-order chi connectivity index (χ1) is 9.61. The van der Waals surface area contributed by atoms with Crippen molar-refractivity contribution in [3.8, 4) is 0 Å². The lowest BCUT2D eigenvalue weighted by molar-refractivity contribution is 0.536. The van der Waals surface area contributed by atoms with Crippen LogP contribution in [0.4, 0.5) is 4.39 Å². The van der Waals surface area contributed by atoms with Gasteiger partial charge in [-0.05, 0) is 48.5 Å². The minimum Gasteiger partial charge on any atom is -0.309 e. The number of thiophene rings is 1. The summed E-state index contributed by atoms with van der Waals surface area (Å²) in [6, 6.07) is 6.89. The second-order valence-corrected chi connectivity index (χ2v) is 6.35. The van der Waals surface area contributed by atoms with E-state index in [1.807, 2.05) is 11.4 Å². The number of hydrogen-bond donors (Lipinski definition) is 1. The molecule has 5 heteroatoms. The minimum atomic E-state index is -0.386. The van der Waals surface area contributed by atoms with Gasteiger partial charge in [-0.3, -0.25) is 0 Å². The SMILES string of the molecule is CCCNC(Cc1ccc(F)c(Cl)c1)c1sccc1Cl. The van der Waals surface area contributed by atoms with Crippen molar-refractivity contribution < 1.29 is 4.39 Å². The van der Waals surface area contributed by atoms with Crippen LogP contribution in [0, 0.1) is 5.82 Å². The molecule has 0 aliphatic rings. The molecule has 2 aromatic rings. The molecule has 0 amide bonds. The Hall–Kier alpha value is -0.610. The van der Waals surface area contributed by atoms with Crippen molar-refractivity contribution in [2.75, 3.05) is 6.54 Å². The van der Waals surface area contributed by atoms with Crippen LogP contribution in [0.3, 0.4) is 0 Å².